The number of hydrogen-bond donors (Lipinski definition) is 1. The molecule has 5 nitrogen and oxygen atoms in total. The number of hydrogen-bond acceptors (Lipinski definition) is 5. The molecule has 0 bridgehead atoms. The van der Waals surface area contributed by atoms with Crippen LogP contribution in [-0.2, 0) is 16.4 Å². The summed E-state index contributed by atoms with van der Waals surface area (Å²) in [5.74, 6) is -0.678. The summed E-state index contributed by atoms with van der Waals surface area (Å²) >= 11 is 0. The van der Waals surface area contributed by atoms with Crippen LogP contribution in [0.3, 0.4) is 0 Å². The average Bonchev–Trinajstić information content (AvgIpc) is 3.19. The highest BCUT2D eigenvalue weighted by molar-refractivity contribution is 7.91. The minimum absolute atomic E-state index is 0.0283. The largest absolute Gasteiger partial charge is 0.419 e. The van der Waals surface area contributed by atoms with E-state index in [0.29, 0.717) is 6.54 Å². The topological polar surface area (TPSA) is 72.2 Å². The molecular weight excluding hydrogens is 415 g/mol. The monoisotopic (exact) mass is 436 g/mol. The molecule has 31 heavy (non-hydrogen) atoms. The van der Waals surface area contributed by atoms with Crippen LogP contribution < -0.4 is 5.32 Å². The van der Waals surface area contributed by atoms with Crippen LogP contribution in [0.4, 0.5) is 10.3 Å². The maximum atomic E-state index is 14.3. The predicted octanol–water partition coefficient (Wildman–Crippen LogP) is 5.54. The van der Waals surface area contributed by atoms with Crippen LogP contribution in [0.15, 0.2) is 87.1 Å². The highest BCUT2D eigenvalue weighted by Gasteiger charge is 2.29. The third-order valence-corrected chi connectivity index (χ3v) is 6.54. The van der Waals surface area contributed by atoms with Gasteiger partial charge in [-0.25, -0.2) is 12.8 Å². The quantitative estimate of drug-likeness (QED) is 0.429. The number of aryl methyl sites for hydroxylation is 2. The molecule has 0 aliphatic carbocycles. The second-order valence-electron chi connectivity index (χ2n) is 7.29. The van der Waals surface area contributed by atoms with E-state index in [2.05, 4.69) is 10.3 Å². The van der Waals surface area contributed by atoms with Crippen molar-refractivity contribution in [2.45, 2.75) is 30.3 Å². The molecule has 0 radical (unpaired) electrons. The SMILES string of the molecule is Cc1ccc(CNc2oc(-c3ccccc3F)nc2S(=O)(=O)c2ccc(C)cc2)cc1. The molecule has 158 valence electrons. The van der Waals surface area contributed by atoms with Crippen LogP contribution >= 0.6 is 0 Å². The smallest absolute Gasteiger partial charge is 0.234 e. The number of rotatable bonds is 6. The van der Waals surface area contributed by atoms with Gasteiger partial charge in [0.05, 0.1) is 10.5 Å². The lowest BCUT2D eigenvalue weighted by atomic mass is 10.1. The van der Waals surface area contributed by atoms with Gasteiger partial charge >= 0.3 is 0 Å². The molecule has 0 unspecified atom stereocenters. The molecule has 0 fully saturated rings. The van der Waals surface area contributed by atoms with Crippen molar-refractivity contribution in [1.82, 2.24) is 4.98 Å². The molecule has 0 atom stereocenters. The fourth-order valence-corrected chi connectivity index (χ4v) is 4.35. The Morgan fingerprint density at radius 1 is 0.903 bits per heavy atom. The zero-order valence-electron chi connectivity index (χ0n) is 17.1. The van der Waals surface area contributed by atoms with Gasteiger partial charge in [0.1, 0.15) is 5.82 Å². The fraction of sp³-hybridized carbons (Fsp3) is 0.125. The molecule has 1 heterocycles. The Labute approximate surface area is 180 Å². The third-order valence-electron chi connectivity index (χ3n) is 4.86. The van der Waals surface area contributed by atoms with Gasteiger partial charge in [0, 0.05) is 6.54 Å². The number of halogens is 1. The molecular formula is C24H21FN2O3S. The van der Waals surface area contributed by atoms with Crippen molar-refractivity contribution in [2.24, 2.45) is 0 Å². The number of nitrogens with one attached hydrogen (secondary N) is 1. The van der Waals surface area contributed by atoms with Crippen LogP contribution in [-0.4, -0.2) is 13.4 Å². The van der Waals surface area contributed by atoms with Crippen LogP contribution in [0.2, 0.25) is 0 Å². The van der Waals surface area contributed by atoms with Crippen molar-refractivity contribution < 1.29 is 17.2 Å². The van der Waals surface area contributed by atoms with Crippen LogP contribution in [0.1, 0.15) is 16.7 Å². The highest BCUT2D eigenvalue weighted by atomic mass is 32.2. The van der Waals surface area contributed by atoms with Gasteiger partial charge in [-0.15, -0.1) is 0 Å². The van der Waals surface area contributed by atoms with Gasteiger partial charge in [-0.2, -0.15) is 4.98 Å². The van der Waals surface area contributed by atoms with Gasteiger partial charge < -0.3 is 9.73 Å². The first-order valence-electron chi connectivity index (χ1n) is 9.71. The third kappa shape index (κ3) is 4.36. The molecule has 4 rings (SSSR count). The summed E-state index contributed by atoms with van der Waals surface area (Å²) in [4.78, 5) is 4.27. The second kappa shape index (κ2) is 8.35. The van der Waals surface area contributed by atoms with E-state index >= 15 is 0 Å². The van der Waals surface area contributed by atoms with Gasteiger partial charge in [-0.3, -0.25) is 0 Å². The lowest BCUT2D eigenvalue weighted by Gasteiger charge is -2.07. The molecule has 0 aliphatic heterocycles. The summed E-state index contributed by atoms with van der Waals surface area (Å²) in [6, 6.07) is 20.2. The first-order valence-corrected chi connectivity index (χ1v) is 11.2. The summed E-state index contributed by atoms with van der Waals surface area (Å²) in [6.07, 6.45) is 0. The van der Waals surface area contributed by atoms with Crippen molar-refractivity contribution >= 4 is 15.7 Å². The average molecular weight is 437 g/mol. The number of oxazole rings is 1. The molecule has 4 aromatic rings. The Morgan fingerprint density at radius 3 is 2.16 bits per heavy atom. The van der Waals surface area contributed by atoms with Gasteiger partial charge in [0.25, 0.3) is 0 Å². The highest BCUT2D eigenvalue weighted by Crippen LogP contribution is 2.33. The summed E-state index contributed by atoms with van der Waals surface area (Å²) in [7, 11) is -3.99. The maximum absolute atomic E-state index is 14.3. The molecule has 7 heteroatoms. The normalized spacial score (nSPS) is 11.5. The Morgan fingerprint density at radius 2 is 1.52 bits per heavy atom. The Hall–Kier alpha value is -3.45. The number of benzene rings is 3. The first-order chi connectivity index (χ1) is 14.8. The van der Waals surface area contributed by atoms with Crippen molar-refractivity contribution in [2.75, 3.05) is 5.32 Å². The minimum atomic E-state index is -3.99. The van der Waals surface area contributed by atoms with E-state index in [-0.39, 0.29) is 27.3 Å². The van der Waals surface area contributed by atoms with Crippen molar-refractivity contribution in [1.29, 1.82) is 0 Å². The molecule has 1 N–H and O–H groups in total. The Balaban J connectivity index is 1.77. The molecule has 1 aromatic heterocycles. The van der Waals surface area contributed by atoms with Gasteiger partial charge in [0.15, 0.2) is 0 Å². The Kier molecular flexibility index (Phi) is 5.61. The minimum Gasteiger partial charge on any atom is -0.419 e. The Bertz CT molecular complexity index is 1310. The van der Waals surface area contributed by atoms with E-state index < -0.39 is 15.7 Å². The lowest BCUT2D eigenvalue weighted by Crippen LogP contribution is -2.07. The molecule has 0 aliphatic rings. The zero-order chi connectivity index (χ0) is 22.0. The van der Waals surface area contributed by atoms with E-state index in [0.717, 1.165) is 16.7 Å². The number of sulfone groups is 1. The van der Waals surface area contributed by atoms with Gasteiger partial charge in [0.2, 0.25) is 26.6 Å². The fourth-order valence-electron chi connectivity index (χ4n) is 3.07. The lowest BCUT2D eigenvalue weighted by molar-refractivity contribution is 0.567. The van der Waals surface area contributed by atoms with E-state index in [1.54, 1.807) is 24.3 Å². The molecule has 0 saturated heterocycles. The van der Waals surface area contributed by atoms with E-state index in [9.17, 15) is 12.8 Å². The molecule has 0 amide bonds. The molecule has 0 saturated carbocycles. The van der Waals surface area contributed by atoms with E-state index in [4.69, 9.17) is 4.42 Å². The maximum Gasteiger partial charge on any atom is 0.234 e. The second-order valence-corrected chi connectivity index (χ2v) is 9.15. The zero-order valence-corrected chi connectivity index (χ0v) is 17.9. The number of nitrogens with zero attached hydrogens (tertiary/aromatic N) is 1. The number of aromatic nitrogens is 1. The van der Waals surface area contributed by atoms with Crippen molar-refractivity contribution in [3.05, 3.63) is 95.3 Å². The van der Waals surface area contributed by atoms with Crippen LogP contribution in [0.25, 0.3) is 11.5 Å². The first kappa shape index (κ1) is 20.8. The molecule has 0 spiro atoms. The van der Waals surface area contributed by atoms with Crippen LogP contribution in [0.5, 0.6) is 0 Å². The van der Waals surface area contributed by atoms with E-state index in [1.165, 1.54) is 24.3 Å². The summed E-state index contributed by atoms with van der Waals surface area (Å²) < 4.78 is 46.6. The standard InChI is InChI=1S/C24H21FN2O3S/c1-16-7-11-18(12-8-16)15-26-23-24(31(28,29)19-13-9-17(2)10-14-19)27-22(30-23)20-5-3-4-6-21(20)25/h3-14,26H,15H2,1-2H3. The van der Waals surface area contributed by atoms with Crippen molar-refractivity contribution in [3.63, 3.8) is 0 Å². The van der Waals surface area contributed by atoms with Gasteiger partial charge in [-0.1, -0.05) is 59.7 Å². The van der Waals surface area contributed by atoms with E-state index in [1.807, 2.05) is 38.1 Å². The van der Waals surface area contributed by atoms with Crippen molar-refractivity contribution in [3.8, 4) is 11.5 Å². The summed E-state index contributed by atoms with van der Waals surface area (Å²) in [5, 5.41) is 2.74. The molecule has 3 aromatic carbocycles. The number of anilines is 1. The van der Waals surface area contributed by atoms with Gasteiger partial charge in [-0.05, 0) is 43.7 Å². The summed E-state index contributed by atoms with van der Waals surface area (Å²) in [5.41, 5.74) is 3.08. The van der Waals surface area contributed by atoms with Crippen LogP contribution in [0, 0.1) is 19.7 Å². The predicted molar refractivity (Wildman–Crippen MR) is 117 cm³/mol. The summed E-state index contributed by atoms with van der Waals surface area (Å²) in [6.45, 7) is 4.18.